The monoisotopic (exact) mass is 361 g/mol. The minimum Gasteiger partial charge on any atom is -0.389 e. The Balaban J connectivity index is 1.84. The molecule has 0 spiro atoms. The SMILES string of the molecule is N#Cc1cccc(NCC(O)CNC(=O)c2cc(Cl)ccc2S)c1. The topological polar surface area (TPSA) is 85.2 Å². The molecular weight excluding hydrogens is 346 g/mol. The van der Waals surface area contributed by atoms with Gasteiger partial charge in [0.25, 0.3) is 5.91 Å². The lowest BCUT2D eigenvalue weighted by molar-refractivity contribution is 0.0919. The summed E-state index contributed by atoms with van der Waals surface area (Å²) in [4.78, 5) is 12.6. The fourth-order valence-corrected chi connectivity index (χ4v) is 2.42. The molecule has 0 radical (unpaired) electrons. The van der Waals surface area contributed by atoms with Crippen molar-refractivity contribution >= 4 is 35.8 Å². The largest absolute Gasteiger partial charge is 0.389 e. The molecule has 0 aromatic heterocycles. The summed E-state index contributed by atoms with van der Waals surface area (Å²) in [5.41, 5.74) is 1.62. The molecular formula is C17H16ClN3O2S. The Morgan fingerprint density at radius 3 is 2.83 bits per heavy atom. The lowest BCUT2D eigenvalue weighted by atomic mass is 10.2. The summed E-state index contributed by atoms with van der Waals surface area (Å²) in [5.74, 6) is -0.354. The molecule has 0 fully saturated rings. The number of anilines is 1. The third-order valence-corrected chi connectivity index (χ3v) is 3.86. The summed E-state index contributed by atoms with van der Waals surface area (Å²) in [6.45, 7) is 0.307. The van der Waals surface area contributed by atoms with Crippen molar-refractivity contribution in [2.75, 3.05) is 18.4 Å². The van der Waals surface area contributed by atoms with E-state index in [1.165, 1.54) is 6.07 Å². The second-order valence-corrected chi connectivity index (χ2v) is 6.02. The van der Waals surface area contributed by atoms with Crippen LogP contribution >= 0.6 is 24.2 Å². The van der Waals surface area contributed by atoms with Gasteiger partial charge >= 0.3 is 0 Å². The predicted molar refractivity (Wildman–Crippen MR) is 96.7 cm³/mol. The van der Waals surface area contributed by atoms with Crippen molar-refractivity contribution in [3.8, 4) is 6.07 Å². The van der Waals surface area contributed by atoms with Crippen LogP contribution in [0.1, 0.15) is 15.9 Å². The van der Waals surface area contributed by atoms with Crippen LogP contribution in [0.3, 0.4) is 0 Å². The first-order valence-corrected chi connectivity index (χ1v) is 8.01. The number of halogens is 1. The molecule has 3 N–H and O–H groups in total. The van der Waals surface area contributed by atoms with Gasteiger partial charge in [-0.1, -0.05) is 17.7 Å². The van der Waals surface area contributed by atoms with Crippen molar-refractivity contribution in [1.82, 2.24) is 5.32 Å². The number of amides is 1. The van der Waals surface area contributed by atoms with E-state index in [4.69, 9.17) is 16.9 Å². The number of aliphatic hydroxyl groups is 1. The number of nitrogens with zero attached hydrogens (tertiary/aromatic N) is 1. The molecule has 0 bridgehead atoms. The molecule has 1 atom stereocenters. The number of rotatable bonds is 6. The maximum atomic E-state index is 12.1. The summed E-state index contributed by atoms with van der Waals surface area (Å²) in [6, 6.07) is 13.8. The molecule has 0 saturated carbocycles. The molecule has 5 nitrogen and oxygen atoms in total. The lowest BCUT2D eigenvalue weighted by Crippen LogP contribution is -2.36. The Hall–Kier alpha value is -2.20. The number of aliphatic hydroxyl groups excluding tert-OH is 1. The van der Waals surface area contributed by atoms with Crippen LogP contribution < -0.4 is 10.6 Å². The van der Waals surface area contributed by atoms with E-state index >= 15 is 0 Å². The highest BCUT2D eigenvalue weighted by Crippen LogP contribution is 2.19. The van der Waals surface area contributed by atoms with Crippen LogP contribution in [-0.4, -0.2) is 30.2 Å². The van der Waals surface area contributed by atoms with Gasteiger partial charge in [0.1, 0.15) is 0 Å². The molecule has 0 aliphatic heterocycles. The van der Waals surface area contributed by atoms with Crippen molar-refractivity contribution in [2.24, 2.45) is 0 Å². The zero-order valence-corrected chi connectivity index (χ0v) is 14.3. The maximum absolute atomic E-state index is 12.1. The number of benzene rings is 2. The van der Waals surface area contributed by atoms with E-state index in [0.29, 0.717) is 21.0 Å². The third kappa shape index (κ3) is 5.17. The maximum Gasteiger partial charge on any atom is 0.252 e. The van der Waals surface area contributed by atoms with Gasteiger partial charge in [0, 0.05) is 28.7 Å². The van der Waals surface area contributed by atoms with Crippen LogP contribution in [-0.2, 0) is 0 Å². The molecule has 24 heavy (non-hydrogen) atoms. The van der Waals surface area contributed by atoms with Crippen molar-refractivity contribution in [3.63, 3.8) is 0 Å². The second kappa shape index (κ2) is 8.60. The highest BCUT2D eigenvalue weighted by atomic mass is 35.5. The summed E-state index contributed by atoms with van der Waals surface area (Å²) < 4.78 is 0. The average Bonchev–Trinajstić information content (AvgIpc) is 2.60. The zero-order valence-electron chi connectivity index (χ0n) is 12.7. The molecule has 7 heteroatoms. The molecule has 1 unspecified atom stereocenters. The molecule has 2 aromatic rings. The normalized spacial score (nSPS) is 11.4. The number of carbonyl (C=O) groups excluding carboxylic acids is 1. The molecule has 2 rings (SSSR count). The number of nitrogens with one attached hydrogen (secondary N) is 2. The van der Waals surface area contributed by atoms with Gasteiger partial charge in [0.05, 0.1) is 23.3 Å². The quantitative estimate of drug-likeness (QED) is 0.596. The van der Waals surface area contributed by atoms with Gasteiger partial charge in [-0.25, -0.2) is 0 Å². The Bertz CT molecular complexity index is 777. The van der Waals surface area contributed by atoms with Crippen molar-refractivity contribution in [2.45, 2.75) is 11.0 Å². The summed E-state index contributed by atoms with van der Waals surface area (Å²) in [7, 11) is 0. The number of carbonyl (C=O) groups is 1. The highest BCUT2D eigenvalue weighted by Gasteiger charge is 2.12. The van der Waals surface area contributed by atoms with E-state index in [9.17, 15) is 9.90 Å². The first-order valence-electron chi connectivity index (χ1n) is 7.18. The zero-order chi connectivity index (χ0) is 17.5. The van der Waals surface area contributed by atoms with Crippen molar-refractivity contribution in [1.29, 1.82) is 5.26 Å². The molecule has 0 aliphatic rings. The first-order chi connectivity index (χ1) is 11.5. The second-order valence-electron chi connectivity index (χ2n) is 5.10. The highest BCUT2D eigenvalue weighted by molar-refractivity contribution is 7.80. The Labute approximate surface area is 150 Å². The molecule has 124 valence electrons. The van der Waals surface area contributed by atoms with Gasteiger partial charge in [0.15, 0.2) is 0 Å². The molecule has 1 amide bonds. The van der Waals surface area contributed by atoms with E-state index in [0.717, 1.165) is 5.69 Å². The van der Waals surface area contributed by atoms with E-state index in [2.05, 4.69) is 23.3 Å². The fraction of sp³-hybridized carbons (Fsp3) is 0.176. The van der Waals surface area contributed by atoms with Gasteiger partial charge in [-0.2, -0.15) is 5.26 Å². The first kappa shape index (κ1) is 18.1. The van der Waals surface area contributed by atoms with Gasteiger partial charge in [-0.15, -0.1) is 12.6 Å². The minimum absolute atomic E-state index is 0.0729. The number of hydrogen-bond acceptors (Lipinski definition) is 5. The minimum atomic E-state index is -0.790. The van der Waals surface area contributed by atoms with E-state index in [-0.39, 0.29) is 19.0 Å². The summed E-state index contributed by atoms with van der Waals surface area (Å²) >= 11 is 10.1. The fourth-order valence-electron chi connectivity index (χ4n) is 2.00. The van der Waals surface area contributed by atoms with E-state index in [1.807, 2.05) is 6.07 Å². The number of hydrogen-bond donors (Lipinski definition) is 4. The Morgan fingerprint density at radius 1 is 1.29 bits per heavy atom. The van der Waals surface area contributed by atoms with Gasteiger partial charge in [-0.05, 0) is 36.4 Å². The number of nitriles is 1. The Morgan fingerprint density at radius 2 is 2.08 bits per heavy atom. The standard InChI is InChI=1S/C17H16ClN3O2S/c18-12-4-5-16(24)15(7-12)17(23)21-10-14(22)9-20-13-3-1-2-11(6-13)8-19/h1-7,14,20,22,24H,9-10H2,(H,21,23). The van der Waals surface area contributed by atoms with Gasteiger partial charge < -0.3 is 15.7 Å². The Kier molecular flexibility index (Phi) is 6.50. The van der Waals surface area contributed by atoms with Gasteiger partial charge in [-0.3, -0.25) is 4.79 Å². The predicted octanol–water partition coefficient (Wildman–Crippen LogP) is 2.70. The molecule has 0 aliphatic carbocycles. The third-order valence-electron chi connectivity index (χ3n) is 3.23. The van der Waals surface area contributed by atoms with Gasteiger partial charge in [0.2, 0.25) is 0 Å². The lowest BCUT2D eigenvalue weighted by Gasteiger charge is -2.14. The van der Waals surface area contributed by atoms with Crippen LogP contribution in [0.4, 0.5) is 5.69 Å². The summed E-state index contributed by atoms with van der Waals surface area (Å²) in [6.07, 6.45) is -0.790. The van der Waals surface area contributed by atoms with Crippen LogP contribution in [0.2, 0.25) is 5.02 Å². The van der Waals surface area contributed by atoms with Crippen LogP contribution in [0.5, 0.6) is 0 Å². The van der Waals surface area contributed by atoms with E-state index < -0.39 is 6.10 Å². The average molecular weight is 362 g/mol. The van der Waals surface area contributed by atoms with Crippen LogP contribution in [0, 0.1) is 11.3 Å². The van der Waals surface area contributed by atoms with E-state index in [1.54, 1.807) is 36.4 Å². The van der Waals surface area contributed by atoms with Crippen molar-refractivity contribution in [3.05, 3.63) is 58.6 Å². The molecule has 0 heterocycles. The molecule has 0 saturated heterocycles. The summed E-state index contributed by atoms with van der Waals surface area (Å²) in [5, 5.41) is 24.9. The van der Waals surface area contributed by atoms with Crippen molar-refractivity contribution < 1.29 is 9.90 Å². The van der Waals surface area contributed by atoms with Crippen LogP contribution in [0.25, 0.3) is 0 Å². The number of thiol groups is 1. The van der Waals surface area contributed by atoms with Crippen LogP contribution in [0.15, 0.2) is 47.4 Å². The smallest absolute Gasteiger partial charge is 0.252 e. The molecule has 2 aromatic carbocycles.